The van der Waals surface area contributed by atoms with Gasteiger partial charge in [0.05, 0.1) is 18.4 Å². The summed E-state index contributed by atoms with van der Waals surface area (Å²) in [5.41, 5.74) is 5.95. The lowest BCUT2D eigenvalue weighted by atomic mass is 10.1. The first kappa shape index (κ1) is 21.9. The van der Waals surface area contributed by atoms with Gasteiger partial charge in [-0.25, -0.2) is 0 Å². The highest BCUT2D eigenvalue weighted by Gasteiger charge is 2.36. The number of hydrazone groups is 1. The van der Waals surface area contributed by atoms with E-state index < -0.39 is 5.91 Å². The predicted molar refractivity (Wildman–Crippen MR) is 137 cm³/mol. The molecule has 2 aliphatic rings. The topological polar surface area (TPSA) is 83.0 Å². The first-order valence-corrected chi connectivity index (χ1v) is 11.6. The highest BCUT2D eigenvalue weighted by atomic mass is 32.2. The van der Waals surface area contributed by atoms with Crippen LogP contribution in [0.15, 0.2) is 70.3 Å². The van der Waals surface area contributed by atoms with Crippen LogP contribution in [0.4, 0.5) is 0 Å². The van der Waals surface area contributed by atoms with Crippen LogP contribution in [0.1, 0.15) is 28.1 Å². The molecule has 0 fully saturated rings. The number of nitrogens with one attached hydrogen (secondary N) is 1. The number of hydrogen-bond donors (Lipinski definition) is 1. The summed E-state index contributed by atoms with van der Waals surface area (Å²) in [6.07, 6.45) is 1.73. The Balaban J connectivity index is 1.54. The highest BCUT2D eigenvalue weighted by Crippen LogP contribution is 2.33. The number of thioether (sulfide) groups is 1. The molecule has 2 aliphatic heterocycles. The molecular formula is C26H23N5O2S. The molecule has 8 heteroatoms. The van der Waals surface area contributed by atoms with Crippen molar-refractivity contribution in [3.8, 4) is 11.4 Å². The Morgan fingerprint density at radius 1 is 1.06 bits per heavy atom. The van der Waals surface area contributed by atoms with E-state index >= 15 is 0 Å². The number of carbonyl (C=O) groups is 1. The number of aryl methyl sites for hydroxylation is 2. The second-order valence-corrected chi connectivity index (χ2v) is 9.08. The van der Waals surface area contributed by atoms with Crippen molar-refractivity contribution in [1.82, 2.24) is 9.58 Å². The molecule has 0 atom stereocenters. The van der Waals surface area contributed by atoms with Gasteiger partial charge in [-0.05, 0) is 67.9 Å². The van der Waals surface area contributed by atoms with Crippen LogP contribution in [0.3, 0.4) is 0 Å². The number of carbonyl (C=O) groups excluding carboxylic acids is 1. The van der Waals surface area contributed by atoms with Gasteiger partial charge in [-0.15, -0.1) is 0 Å². The van der Waals surface area contributed by atoms with Crippen LogP contribution in [0.25, 0.3) is 11.8 Å². The molecule has 3 heterocycles. The van der Waals surface area contributed by atoms with E-state index in [0.717, 1.165) is 39.5 Å². The number of rotatable bonds is 4. The van der Waals surface area contributed by atoms with Gasteiger partial charge in [0.2, 0.25) is 5.17 Å². The van der Waals surface area contributed by atoms with Gasteiger partial charge < -0.3 is 9.30 Å². The maximum absolute atomic E-state index is 12.9. The van der Waals surface area contributed by atoms with Crippen molar-refractivity contribution in [3.05, 3.63) is 88.2 Å². The zero-order chi connectivity index (χ0) is 24.0. The first-order valence-electron chi connectivity index (χ1n) is 10.8. The van der Waals surface area contributed by atoms with Crippen LogP contribution < -0.4 is 4.74 Å². The van der Waals surface area contributed by atoms with Crippen LogP contribution in [0, 0.1) is 26.2 Å². The van der Waals surface area contributed by atoms with Gasteiger partial charge in [0.15, 0.2) is 5.84 Å². The van der Waals surface area contributed by atoms with Crippen molar-refractivity contribution < 1.29 is 9.53 Å². The minimum atomic E-state index is -0.439. The number of aliphatic imine (C=N–C) groups is 1. The van der Waals surface area contributed by atoms with Gasteiger partial charge in [0.1, 0.15) is 10.8 Å². The van der Waals surface area contributed by atoms with Crippen molar-refractivity contribution in [2.45, 2.75) is 20.8 Å². The fourth-order valence-electron chi connectivity index (χ4n) is 4.12. The van der Waals surface area contributed by atoms with E-state index in [1.54, 1.807) is 13.2 Å². The number of benzene rings is 2. The van der Waals surface area contributed by atoms with Crippen LogP contribution in [0.5, 0.6) is 5.75 Å². The Morgan fingerprint density at radius 2 is 1.82 bits per heavy atom. The molecule has 0 bridgehead atoms. The van der Waals surface area contributed by atoms with Gasteiger partial charge in [0.25, 0.3) is 5.91 Å². The predicted octanol–water partition coefficient (Wildman–Crippen LogP) is 5.08. The normalized spacial score (nSPS) is 16.6. The number of nitrogens with zero attached hydrogens (tertiary/aromatic N) is 4. The Bertz CT molecular complexity index is 1430. The number of methoxy groups -OCH3 is 1. The van der Waals surface area contributed by atoms with E-state index in [-0.39, 0.29) is 11.4 Å². The maximum Gasteiger partial charge on any atom is 0.283 e. The molecule has 0 saturated carbocycles. The minimum absolute atomic E-state index is 0.0198. The molecule has 34 heavy (non-hydrogen) atoms. The van der Waals surface area contributed by atoms with Crippen LogP contribution in [-0.2, 0) is 4.79 Å². The monoisotopic (exact) mass is 469 g/mol. The molecule has 0 unspecified atom stereocenters. The van der Waals surface area contributed by atoms with Gasteiger partial charge >= 0.3 is 0 Å². The van der Waals surface area contributed by atoms with E-state index in [4.69, 9.17) is 10.1 Å². The van der Waals surface area contributed by atoms with E-state index in [0.29, 0.717) is 10.2 Å². The molecule has 7 nitrogen and oxygen atoms in total. The Kier molecular flexibility index (Phi) is 5.45. The minimum Gasteiger partial charge on any atom is -0.495 e. The molecule has 0 aliphatic carbocycles. The molecule has 1 N–H and O–H groups in total. The standard InChI is InChI=1S/C26H23N5O2S/c1-15-10-11-22(33-4)21(12-15)30-16(2)13-19(17(30)3)14-20-23(27)31-26(28-24(20)32)34-25(29-31)18-8-6-5-7-9-18/h5-14,27H,1-4H3. The lowest BCUT2D eigenvalue weighted by Crippen LogP contribution is -2.35. The van der Waals surface area contributed by atoms with Crippen molar-refractivity contribution >= 4 is 39.8 Å². The molecule has 3 aromatic rings. The molecule has 170 valence electrons. The molecule has 0 saturated heterocycles. The second kappa shape index (κ2) is 8.46. The zero-order valence-electron chi connectivity index (χ0n) is 19.3. The number of ether oxygens (including phenoxy) is 1. The largest absolute Gasteiger partial charge is 0.495 e. The number of fused-ring (bicyclic) bond motifs is 1. The summed E-state index contributed by atoms with van der Waals surface area (Å²) in [7, 11) is 1.65. The lowest BCUT2D eigenvalue weighted by Gasteiger charge is -2.20. The average Bonchev–Trinajstić information content (AvgIpc) is 3.37. The number of amidine groups is 2. The van der Waals surface area contributed by atoms with Gasteiger partial charge in [0, 0.05) is 17.0 Å². The summed E-state index contributed by atoms with van der Waals surface area (Å²) < 4.78 is 7.68. The fraction of sp³-hybridized carbons (Fsp3) is 0.154. The third-order valence-electron chi connectivity index (χ3n) is 5.82. The van der Waals surface area contributed by atoms with Gasteiger partial charge in [-0.2, -0.15) is 15.1 Å². The summed E-state index contributed by atoms with van der Waals surface area (Å²) in [4.78, 5) is 17.1. The zero-order valence-corrected chi connectivity index (χ0v) is 20.1. The number of amides is 1. The lowest BCUT2D eigenvalue weighted by molar-refractivity contribution is -0.114. The molecule has 0 spiro atoms. The third kappa shape index (κ3) is 3.66. The molecule has 5 rings (SSSR count). The smallest absolute Gasteiger partial charge is 0.283 e. The summed E-state index contributed by atoms with van der Waals surface area (Å²) >= 11 is 1.29. The van der Waals surface area contributed by atoms with E-state index in [1.807, 2.05) is 69.3 Å². The Hall–Kier alpha value is -3.91. The molecule has 1 amide bonds. The van der Waals surface area contributed by atoms with E-state index in [1.165, 1.54) is 16.8 Å². The third-order valence-corrected chi connectivity index (χ3v) is 6.78. The van der Waals surface area contributed by atoms with E-state index in [9.17, 15) is 4.79 Å². The Labute approximate surface area is 202 Å². The molecule has 1 aromatic heterocycles. The maximum atomic E-state index is 12.9. The fourth-order valence-corrected chi connectivity index (χ4v) is 5.02. The van der Waals surface area contributed by atoms with Crippen LogP contribution >= 0.6 is 11.8 Å². The van der Waals surface area contributed by atoms with E-state index in [2.05, 4.69) is 20.7 Å². The van der Waals surface area contributed by atoms with Gasteiger partial charge in [-0.1, -0.05) is 36.4 Å². The summed E-state index contributed by atoms with van der Waals surface area (Å²) in [5.74, 6) is 0.344. The van der Waals surface area contributed by atoms with Crippen molar-refractivity contribution in [3.63, 3.8) is 0 Å². The number of hydrogen-bond acceptors (Lipinski definition) is 5. The summed E-state index contributed by atoms with van der Waals surface area (Å²) in [5, 5.41) is 15.8. The van der Waals surface area contributed by atoms with Crippen molar-refractivity contribution in [2.24, 2.45) is 10.1 Å². The first-order chi connectivity index (χ1) is 16.4. The summed E-state index contributed by atoms with van der Waals surface area (Å²) in [6.45, 7) is 6.04. The van der Waals surface area contributed by atoms with Gasteiger partial charge in [-0.3, -0.25) is 10.2 Å². The number of aromatic nitrogens is 1. The van der Waals surface area contributed by atoms with Crippen molar-refractivity contribution in [1.29, 1.82) is 5.41 Å². The van der Waals surface area contributed by atoms with Crippen LogP contribution in [0.2, 0.25) is 0 Å². The summed E-state index contributed by atoms with van der Waals surface area (Å²) in [6, 6.07) is 17.7. The molecule has 2 aromatic carbocycles. The molecule has 0 radical (unpaired) electrons. The van der Waals surface area contributed by atoms with Crippen molar-refractivity contribution in [2.75, 3.05) is 7.11 Å². The highest BCUT2D eigenvalue weighted by molar-refractivity contribution is 8.27. The SMILES string of the molecule is COc1ccc(C)cc1-n1c(C)cc(C=C2C(=N)N3N=C(c4ccccc4)SC3=NC2=O)c1C. The Morgan fingerprint density at radius 3 is 2.56 bits per heavy atom. The molecular weight excluding hydrogens is 446 g/mol. The quantitative estimate of drug-likeness (QED) is 0.540. The average molecular weight is 470 g/mol. The second-order valence-electron chi connectivity index (χ2n) is 8.13. The van der Waals surface area contributed by atoms with Crippen LogP contribution in [-0.4, -0.2) is 38.6 Å².